The molecule has 0 fully saturated rings. The van der Waals surface area contributed by atoms with Gasteiger partial charge in [-0.05, 0) is 49.1 Å². The molecule has 0 aliphatic carbocycles. The highest BCUT2D eigenvalue weighted by Crippen LogP contribution is 2.29. The van der Waals surface area contributed by atoms with E-state index in [9.17, 15) is 4.79 Å². The number of hydrogen-bond donors (Lipinski definition) is 1. The summed E-state index contributed by atoms with van der Waals surface area (Å²) >= 11 is 1.48. The molecule has 1 amide bonds. The van der Waals surface area contributed by atoms with Crippen molar-refractivity contribution in [2.45, 2.75) is 13.8 Å². The van der Waals surface area contributed by atoms with Gasteiger partial charge in [-0.3, -0.25) is 4.79 Å². The number of carbonyl (C=O) groups excluding carboxylic acids is 1. The number of hydrogen-bond acceptors (Lipinski definition) is 6. The number of rotatable bonds is 5. The minimum atomic E-state index is -0.210. The number of aryl methyl sites for hydroxylation is 2. The number of ether oxygens (including phenoxy) is 1. The minimum absolute atomic E-state index is 0.0643. The van der Waals surface area contributed by atoms with Crippen LogP contribution in [0, 0.1) is 13.8 Å². The Morgan fingerprint density at radius 3 is 2.74 bits per heavy atom. The first-order chi connectivity index (χ1) is 15.1. The van der Waals surface area contributed by atoms with E-state index in [2.05, 4.69) is 20.6 Å². The second-order valence-corrected chi connectivity index (χ2v) is 8.15. The van der Waals surface area contributed by atoms with Gasteiger partial charge < -0.3 is 10.1 Å². The molecule has 5 rings (SSSR count). The van der Waals surface area contributed by atoms with Crippen LogP contribution in [0.4, 0.5) is 5.69 Å². The maximum Gasteiger partial charge on any atom is 0.262 e. The van der Waals surface area contributed by atoms with Crippen molar-refractivity contribution in [2.75, 3.05) is 11.9 Å². The molecule has 5 aromatic rings. The van der Waals surface area contributed by atoms with Crippen LogP contribution in [0.25, 0.3) is 26.3 Å². The van der Waals surface area contributed by atoms with Gasteiger partial charge in [-0.2, -0.15) is 9.61 Å². The summed E-state index contributed by atoms with van der Waals surface area (Å²) in [5.41, 5.74) is 2.66. The number of aromatic nitrogens is 4. The number of carbonyl (C=O) groups is 1. The predicted octanol–water partition coefficient (Wildman–Crippen LogP) is 4.64. The average Bonchev–Trinajstić information content (AvgIpc) is 3.36. The topological polar surface area (TPSA) is 81.4 Å². The Kier molecular flexibility index (Phi) is 4.83. The third-order valence-electron chi connectivity index (χ3n) is 5.00. The zero-order chi connectivity index (χ0) is 21.4. The maximum absolute atomic E-state index is 12.5. The molecule has 3 aromatic carbocycles. The van der Waals surface area contributed by atoms with Gasteiger partial charge in [-0.1, -0.05) is 47.7 Å². The lowest BCUT2D eigenvalue weighted by Crippen LogP contribution is -2.20. The second kappa shape index (κ2) is 7.81. The van der Waals surface area contributed by atoms with Crippen molar-refractivity contribution in [3.05, 3.63) is 72.1 Å². The average molecular weight is 430 g/mol. The molecule has 0 saturated heterocycles. The first-order valence-electron chi connectivity index (χ1n) is 9.79. The standard InChI is InChI=1S/C23H19N5O2S/c1-14-12-17(22-27-28-15(2)25-26-23(28)31-22)10-11-19(14)24-21(29)13-30-20-9-5-7-16-6-3-4-8-18(16)20/h3-12H,13H2,1-2H3,(H,24,29). The van der Waals surface area contributed by atoms with Crippen LogP contribution in [0.15, 0.2) is 60.7 Å². The van der Waals surface area contributed by atoms with E-state index in [1.54, 1.807) is 4.52 Å². The van der Waals surface area contributed by atoms with E-state index in [0.717, 1.165) is 43.4 Å². The summed E-state index contributed by atoms with van der Waals surface area (Å²) in [5, 5.41) is 18.5. The van der Waals surface area contributed by atoms with Crippen molar-refractivity contribution in [3.8, 4) is 16.3 Å². The van der Waals surface area contributed by atoms with Gasteiger partial charge >= 0.3 is 0 Å². The molecule has 0 aliphatic heterocycles. The fourth-order valence-corrected chi connectivity index (χ4v) is 4.30. The molecule has 0 aliphatic rings. The fourth-order valence-electron chi connectivity index (χ4n) is 3.42. The normalized spacial score (nSPS) is 11.2. The Hall–Kier alpha value is -3.78. The second-order valence-electron chi connectivity index (χ2n) is 7.19. The number of benzene rings is 3. The summed E-state index contributed by atoms with van der Waals surface area (Å²) in [5.74, 6) is 1.24. The molecule has 0 unspecified atom stereocenters. The van der Waals surface area contributed by atoms with Crippen molar-refractivity contribution < 1.29 is 9.53 Å². The molecule has 31 heavy (non-hydrogen) atoms. The largest absolute Gasteiger partial charge is 0.483 e. The van der Waals surface area contributed by atoms with Crippen LogP contribution in [-0.2, 0) is 4.79 Å². The molecule has 154 valence electrons. The molecule has 7 nitrogen and oxygen atoms in total. The molecule has 1 N–H and O–H groups in total. The lowest BCUT2D eigenvalue weighted by atomic mass is 10.1. The number of nitrogens with zero attached hydrogens (tertiary/aromatic N) is 4. The summed E-state index contributed by atoms with van der Waals surface area (Å²) in [4.78, 5) is 13.2. The van der Waals surface area contributed by atoms with Crippen LogP contribution >= 0.6 is 11.3 Å². The van der Waals surface area contributed by atoms with E-state index < -0.39 is 0 Å². The molecule has 0 saturated carbocycles. The van der Waals surface area contributed by atoms with Crippen molar-refractivity contribution >= 4 is 38.7 Å². The molecule has 2 aromatic heterocycles. The van der Waals surface area contributed by atoms with Crippen LogP contribution in [0.5, 0.6) is 5.75 Å². The van der Waals surface area contributed by atoms with Gasteiger partial charge in [0, 0.05) is 16.6 Å². The Bertz CT molecular complexity index is 1420. The van der Waals surface area contributed by atoms with Gasteiger partial charge in [0.2, 0.25) is 4.96 Å². The van der Waals surface area contributed by atoms with Crippen LogP contribution < -0.4 is 10.1 Å². The fraction of sp³-hybridized carbons (Fsp3) is 0.130. The molecule has 8 heteroatoms. The Morgan fingerprint density at radius 1 is 1.06 bits per heavy atom. The highest BCUT2D eigenvalue weighted by molar-refractivity contribution is 7.19. The zero-order valence-corrected chi connectivity index (χ0v) is 17.8. The third-order valence-corrected chi connectivity index (χ3v) is 5.95. The summed E-state index contributed by atoms with van der Waals surface area (Å²) in [6.45, 7) is 3.76. The van der Waals surface area contributed by atoms with Gasteiger partial charge in [-0.15, -0.1) is 10.2 Å². The van der Waals surface area contributed by atoms with E-state index >= 15 is 0 Å². The van der Waals surface area contributed by atoms with Crippen LogP contribution in [0.3, 0.4) is 0 Å². The van der Waals surface area contributed by atoms with Crippen molar-refractivity contribution in [1.29, 1.82) is 0 Å². The van der Waals surface area contributed by atoms with E-state index in [0.29, 0.717) is 5.75 Å². The monoisotopic (exact) mass is 429 g/mol. The first-order valence-corrected chi connectivity index (χ1v) is 10.6. The highest BCUT2D eigenvalue weighted by Gasteiger charge is 2.13. The molecular formula is C23H19N5O2S. The van der Waals surface area contributed by atoms with E-state index in [-0.39, 0.29) is 12.5 Å². The Labute approximate surface area is 182 Å². The van der Waals surface area contributed by atoms with Crippen molar-refractivity contribution in [2.24, 2.45) is 0 Å². The quantitative estimate of drug-likeness (QED) is 0.440. The molecule has 0 radical (unpaired) electrons. The summed E-state index contributed by atoms with van der Waals surface area (Å²) in [6, 6.07) is 19.6. The predicted molar refractivity (Wildman–Crippen MR) is 122 cm³/mol. The maximum atomic E-state index is 12.5. The van der Waals surface area contributed by atoms with E-state index in [1.165, 1.54) is 11.3 Å². The zero-order valence-electron chi connectivity index (χ0n) is 17.0. The van der Waals surface area contributed by atoms with Crippen LogP contribution in [-0.4, -0.2) is 32.3 Å². The number of fused-ring (bicyclic) bond motifs is 2. The SMILES string of the molecule is Cc1cc(-c2nn3c(C)nnc3s2)ccc1NC(=O)COc1cccc2ccccc12. The third kappa shape index (κ3) is 3.73. The van der Waals surface area contributed by atoms with Gasteiger partial charge in [-0.25, -0.2) is 0 Å². The summed E-state index contributed by atoms with van der Waals surface area (Å²) in [7, 11) is 0. The molecule has 0 spiro atoms. The van der Waals surface area contributed by atoms with Crippen LogP contribution in [0.1, 0.15) is 11.4 Å². The molecular weight excluding hydrogens is 410 g/mol. The summed E-state index contributed by atoms with van der Waals surface area (Å²) in [6.07, 6.45) is 0. The van der Waals surface area contributed by atoms with Gasteiger partial charge in [0.15, 0.2) is 12.4 Å². The molecule has 0 bridgehead atoms. The van der Waals surface area contributed by atoms with Gasteiger partial charge in [0.05, 0.1) is 0 Å². The molecule has 2 heterocycles. The lowest BCUT2D eigenvalue weighted by Gasteiger charge is -2.12. The smallest absolute Gasteiger partial charge is 0.262 e. The van der Waals surface area contributed by atoms with Crippen molar-refractivity contribution in [1.82, 2.24) is 19.8 Å². The highest BCUT2D eigenvalue weighted by atomic mass is 32.1. The van der Waals surface area contributed by atoms with Gasteiger partial charge in [0.25, 0.3) is 5.91 Å². The minimum Gasteiger partial charge on any atom is -0.483 e. The van der Waals surface area contributed by atoms with E-state index in [1.807, 2.05) is 74.5 Å². The van der Waals surface area contributed by atoms with Crippen molar-refractivity contribution in [3.63, 3.8) is 0 Å². The number of nitrogens with one attached hydrogen (secondary N) is 1. The summed E-state index contributed by atoms with van der Waals surface area (Å²) < 4.78 is 7.52. The number of amides is 1. The first kappa shape index (κ1) is 19.2. The van der Waals surface area contributed by atoms with E-state index in [4.69, 9.17) is 4.74 Å². The Morgan fingerprint density at radius 2 is 1.90 bits per heavy atom. The Balaban J connectivity index is 1.29. The lowest BCUT2D eigenvalue weighted by molar-refractivity contribution is -0.118. The van der Waals surface area contributed by atoms with Gasteiger partial charge in [0.1, 0.15) is 10.8 Å². The number of anilines is 1. The van der Waals surface area contributed by atoms with Crippen LogP contribution in [0.2, 0.25) is 0 Å². The molecule has 0 atom stereocenters.